The van der Waals surface area contributed by atoms with E-state index in [4.69, 9.17) is 0 Å². The Morgan fingerprint density at radius 2 is 2.31 bits per heavy atom. The highest BCUT2D eigenvalue weighted by Crippen LogP contribution is 2.09. The van der Waals surface area contributed by atoms with Crippen molar-refractivity contribution in [3.8, 4) is 0 Å². The number of rotatable bonds is 3. The summed E-state index contributed by atoms with van der Waals surface area (Å²) in [5.41, 5.74) is 2.65. The lowest BCUT2D eigenvalue weighted by Crippen LogP contribution is -1.90. The van der Waals surface area contributed by atoms with E-state index in [0.29, 0.717) is 5.69 Å². The predicted octanol–water partition coefficient (Wildman–Crippen LogP) is 2.63. The van der Waals surface area contributed by atoms with Gasteiger partial charge in [0.15, 0.2) is 6.29 Å². The van der Waals surface area contributed by atoms with Gasteiger partial charge in [0.25, 0.3) is 0 Å². The molecule has 0 fully saturated rings. The lowest BCUT2D eigenvalue weighted by Gasteiger charge is -1.99. The lowest BCUT2D eigenvalue weighted by molar-refractivity contribution is 0.111. The predicted molar refractivity (Wildman–Crippen MR) is 53.7 cm³/mol. The molecule has 0 aliphatic heterocycles. The quantitative estimate of drug-likeness (QED) is 0.661. The Labute approximate surface area is 78.3 Å². The van der Waals surface area contributed by atoms with Crippen LogP contribution in [0.4, 0.5) is 0 Å². The molecule has 1 rings (SSSR count). The average molecular weight is 175 g/mol. The number of carbonyl (C=O) groups is 1. The van der Waals surface area contributed by atoms with Crippen molar-refractivity contribution in [2.45, 2.75) is 20.3 Å². The monoisotopic (exact) mass is 175 g/mol. The van der Waals surface area contributed by atoms with Gasteiger partial charge in [-0.1, -0.05) is 19.1 Å². The minimum atomic E-state index is 0.492. The normalized spacial score (nSPS) is 10.6. The molecule has 0 amide bonds. The molecule has 0 aromatic carbocycles. The highest BCUT2D eigenvalue weighted by atomic mass is 16.1. The molecule has 0 bridgehead atoms. The van der Waals surface area contributed by atoms with Gasteiger partial charge in [-0.15, -0.1) is 0 Å². The van der Waals surface area contributed by atoms with Gasteiger partial charge in [-0.3, -0.25) is 9.78 Å². The van der Waals surface area contributed by atoms with Crippen LogP contribution in [0.25, 0.3) is 6.08 Å². The Hall–Kier alpha value is -1.44. The van der Waals surface area contributed by atoms with E-state index in [9.17, 15) is 4.79 Å². The number of allylic oxidation sites excluding steroid dienone is 1. The number of nitrogens with zero attached hydrogens (tertiary/aromatic N) is 1. The molecule has 13 heavy (non-hydrogen) atoms. The summed E-state index contributed by atoms with van der Waals surface area (Å²) in [6.07, 6.45) is 7.60. The number of hydrogen-bond acceptors (Lipinski definition) is 2. The Morgan fingerprint density at radius 1 is 1.54 bits per heavy atom. The van der Waals surface area contributed by atoms with Crippen LogP contribution in [0.2, 0.25) is 0 Å². The van der Waals surface area contributed by atoms with Crippen LogP contribution in [0, 0.1) is 6.92 Å². The van der Waals surface area contributed by atoms with E-state index in [-0.39, 0.29) is 0 Å². The molecule has 0 spiro atoms. The van der Waals surface area contributed by atoms with Gasteiger partial charge in [0.05, 0.1) is 0 Å². The Balaban J connectivity index is 2.98. The standard InChI is InChI=1S/C11H13NO/c1-3-4-5-10-7-12-11(8-13)6-9(10)2/h4-8H,3H2,1-2H3/b5-4+. The van der Waals surface area contributed by atoms with Crippen molar-refractivity contribution in [3.63, 3.8) is 0 Å². The number of pyridine rings is 1. The fourth-order valence-corrected chi connectivity index (χ4v) is 1.07. The summed E-state index contributed by atoms with van der Waals surface area (Å²) in [5, 5.41) is 0. The fourth-order valence-electron chi connectivity index (χ4n) is 1.07. The molecule has 1 aromatic rings. The minimum absolute atomic E-state index is 0.492. The number of aryl methyl sites for hydroxylation is 1. The van der Waals surface area contributed by atoms with E-state index in [2.05, 4.69) is 18.0 Å². The van der Waals surface area contributed by atoms with Crippen molar-refractivity contribution >= 4 is 12.4 Å². The zero-order valence-corrected chi connectivity index (χ0v) is 7.95. The van der Waals surface area contributed by atoms with Crippen LogP contribution in [-0.4, -0.2) is 11.3 Å². The zero-order valence-electron chi connectivity index (χ0n) is 7.95. The summed E-state index contributed by atoms with van der Waals surface area (Å²) >= 11 is 0. The molecule has 0 atom stereocenters. The van der Waals surface area contributed by atoms with Crippen molar-refractivity contribution < 1.29 is 4.79 Å². The van der Waals surface area contributed by atoms with Crippen molar-refractivity contribution in [1.82, 2.24) is 4.98 Å². The number of carbonyl (C=O) groups excluding carboxylic acids is 1. The number of hydrogen-bond donors (Lipinski definition) is 0. The molecule has 0 aliphatic rings. The van der Waals surface area contributed by atoms with Crippen LogP contribution in [0.1, 0.15) is 35.0 Å². The van der Waals surface area contributed by atoms with Crippen molar-refractivity contribution in [3.05, 3.63) is 35.2 Å². The van der Waals surface area contributed by atoms with Gasteiger partial charge in [0.2, 0.25) is 0 Å². The van der Waals surface area contributed by atoms with E-state index in [1.165, 1.54) is 0 Å². The molecule has 0 saturated carbocycles. The highest BCUT2D eigenvalue weighted by molar-refractivity contribution is 5.72. The molecule has 2 heteroatoms. The van der Waals surface area contributed by atoms with Crippen molar-refractivity contribution in [2.24, 2.45) is 0 Å². The van der Waals surface area contributed by atoms with Gasteiger partial charge in [-0.25, -0.2) is 0 Å². The summed E-state index contributed by atoms with van der Waals surface area (Å²) in [5.74, 6) is 0. The first-order valence-electron chi connectivity index (χ1n) is 4.36. The van der Waals surface area contributed by atoms with E-state index in [0.717, 1.165) is 23.8 Å². The topological polar surface area (TPSA) is 30.0 Å². The van der Waals surface area contributed by atoms with Gasteiger partial charge in [0.1, 0.15) is 5.69 Å². The average Bonchev–Trinajstić information content (AvgIpc) is 2.16. The molecule has 68 valence electrons. The van der Waals surface area contributed by atoms with Gasteiger partial charge < -0.3 is 0 Å². The van der Waals surface area contributed by atoms with Gasteiger partial charge in [-0.2, -0.15) is 0 Å². The molecule has 2 nitrogen and oxygen atoms in total. The van der Waals surface area contributed by atoms with Crippen LogP contribution in [0.5, 0.6) is 0 Å². The lowest BCUT2D eigenvalue weighted by atomic mass is 10.1. The fraction of sp³-hybridized carbons (Fsp3) is 0.273. The van der Waals surface area contributed by atoms with E-state index < -0.39 is 0 Å². The van der Waals surface area contributed by atoms with Crippen LogP contribution < -0.4 is 0 Å². The summed E-state index contributed by atoms with van der Waals surface area (Å²) in [6, 6.07) is 1.79. The second-order valence-electron chi connectivity index (χ2n) is 2.89. The largest absolute Gasteiger partial charge is 0.296 e. The number of aldehydes is 1. The molecule has 0 radical (unpaired) electrons. The third kappa shape index (κ3) is 2.51. The minimum Gasteiger partial charge on any atom is -0.296 e. The first-order valence-corrected chi connectivity index (χ1v) is 4.36. The molecular formula is C11H13NO. The van der Waals surface area contributed by atoms with Gasteiger partial charge in [-0.05, 0) is 30.5 Å². The van der Waals surface area contributed by atoms with Gasteiger partial charge in [0, 0.05) is 6.20 Å². The van der Waals surface area contributed by atoms with Crippen LogP contribution in [-0.2, 0) is 0 Å². The molecule has 1 heterocycles. The molecule has 0 aliphatic carbocycles. The molecule has 0 N–H and O–H groups in total. The van der Waals surface area contributed by atoms with Crippen molar-refractivity contribution in [2.75, 3.05) is 0 Å². The molecular weight excluding hydrogens is 162 g/mol. The summed E-state index contributed by atoms with van der Waals surface area (Å²) in [6.45, 7) is 4.06. The van der Waals surface area contributed by atoms with E-state index in [1.807, 2.05) is 13.0 Å². The first-order chi connectivity index (χ1) is 6.27. The smallest absolute Gasteiger partial charge is 0.168 e. The highest BCUT2D eigenvalue weighted by Gasteiger charge is 1.96. The van der Waals surface area contributed by atoms with E-state index >= 15 is 0 Å². The Morgan fingerprint density at radius 3 is 2.85 bits per heavy atom. The zero-order chi connectivity index (χ0) is 9.68. The Kier molecular flexibility index (Phi) is 3.38. The summed E-state index contributed by atoms with van der Waals surface area (Å²) < 4.78 is 0. The molecule has 1 aromatic heterocycles. The maximum absolute atomic E-state index is 10.4. The third-order valence-corrected chi connectivity index (χ3v) is 1.83. The Bertz CT molecular complexity index is 329. The second-order valence-corrected chi connectivity index (χ2v) is 2.89. The van der Waals surface area contributed by atoms with Crippen molar-refractivity contribution in [1.29, 1.82) is 0 Å². The van der Waals surface area contributed by atoms with Gasteiger partial charge >= 0.3 is 0 Å². The van der Waals surface area contributed by atoms with Crippen LogP contribution >= 0.6 is 0 Å². The maximum atomic E-state index is 10.4. The second kappa shape index (κ2) is 4.55. The van der Waals surface area contributed by atoms with Crippen LogP contribution in [0.3, 0.4) is 0 Å². The summed E-state index contributed by atoms with van der Waals surface area (Å²) in [4.78, 5) is 14.4. The molecule has 0 saturated heterocycles. The maximum Gasteiger partial charge on any atom is 0.168 e. The van der Waals surface area contributed by atoms with Crippen LogP contribution in [0.15, 0.2) is 18.3 Å². The van der Waals surface area contributed by atoms with E-state index in [1.54, 1.807) is 12.3 Å². The first kappa shape index (κ1) is 9.65. The molecule has 0 unspecified atom stereocenters. The SMILES string of the molecule is CC/C=C/c1cnc(C=O)cc1C. The number of aromatic nitrogens is 1. The summed E-state index contributed by atoms with van der Waals surface area (Å²) in [7, 11) is 0. The third-order valence-electron chi connectivity index (χ3n) is 1.83.